The van der Waals surface area contributed by atoms with Gasteiger partial charge in [0.15, 0.2) is 0 Å². The van der Waals surface area contributed by atoms with Crippen molar-refractivity contribution >= 4 is 17.6 Å². The van der Waals surface area contributed by atoms with E-state index in [0.717, 1.165) is 31.4 Å². The van der Waals surface area contributed by atoms with Crippen LogP contribution < -0.4 is 5.32 Å². The summed E-state index contributed by atoms with van der Waals surface area (Å²) in [5.41, 5.74) is 1.01. The number of hydrogen-bond acceptors (Lipinski definition) is 5. The second-order valence-electron chi connectivity index (χ2n) is 5.61. The van der Waals surface area contributed by atoms with Crippen molar-refractivity contribution in [1.82, 2.24) is 10.1 Å². The average molecular weight is 308 g/mol. The number of aromatic nitrogens is 2. The summed E-state index contributed by atoms with van der Waals surface area (Å²) >= 11 is 5.96. The molecule has 1 heterocycles. The molecule has 0 aliphatic heterocycles. The van der Waals surface area contributed by atoms with Crippen LogP contribution in [-0.2, 0) is 0 Å². The number of nitrogens with one attached hydrogen (secondary N) is 1. The van der Waals surface area contributed by atoms with Gasteiger partial charge in [-0.15, -0.1) is 0 Å². The predicted molar refractivity (Wildman–Crippen MR) is 81.2 cm³/mol. The lowest BCUT2D eigenvalue weighted by Gasteiger charge is -2.41. The van der Waals surface area contributed by atoms with Crippen molar-refractivity contribution in [1.29, 1.82) is 0 Å². The van der Waals surface area contributed by atoms with Gasteiger partial charge in [-0.2, -0.15) is 4.98 Å². The van der Waals surface area contributed by atoms with Gasteiger partial charge in [-0.05, 0) is 36.8 Å². The van der Waals surface area contributed by atoms with Gasteiger partial charge in [0.25, 0.3) is 0 Å². The van der Waals surface area contributed by atoms with Crippen molar-refractivity contribution < 1.29 is 9.63 Å². The number of nitrogens with zero attached hydrogens (tertiary/aromatic N) is 2. The molecule has 0 atom stereocenters. The molecule has 0 spiro atoms. The molecule has 21 heavy (non-hydrogen) atoms. The number of aliphatic hydroxyl groups is 1. The van der Waals surface area contributed by atoms with Crippen molar-refractivity contribution in [3.05, 3.63) is 29.3 Å². The molecule has 0 amide bonds. The van der Waals surface area contributed by atoms with Crippen LogP contribution in [0.1, 0.15) is 25.7 Å². The average Bonchev–Trinajstić information content (AvgIpc) is 2.90. The molecule has 2 aromatic rings. The molecule has 1 aliphatic rings. The quantitative estimate of drug-likeness (QED) is 0.856. The molecule has 0 bridgehead atoms. The van der Waals surface area contributed by atoms with Gasteiger partial charge in [0, 0.05) is 23.7 Å². The molecule has 1 aromatic carbocycles. The Morgan fingerprint density at radius 1 is 1.38 bits per heavy atom. The van der Waals surface area contributed by atoms with Gasteiger partial charge in [-0.3, -0.25) is 0 Å². The van der Waals surface area contributed by atoms with Crippen LogP contribution in [0.25, 0.3) is 11.4 Å². The lowest BCUT2D eigenvalue weighted by atomic mass is 9.67. The standard InChI is InChI=1S/C15H18ClN3O2/c16-12-4-1-3-11(9-12)13-18-14(21-19-13)17-10-15(7-8-20)5-2-6-15/h1,3-4,9,20H,2,5-8,10H2,(H,17,18,19). The molecular formula is C15H18ClN3O2. The van der Waals surface area contributed by atoms with Crippen LogP contribution >= 0.6 is 11.6 Å². The lowest BCUT2D eigenvalue weighted by molar-refractivity contribution is 0.101. The zero-order chi connectivity index (χ0) is 14.7. The first-order chi connectivity index (χ1) is 10.2. The zero-order valence-electron chi connectivity index (χ0n) is 11.7. The van der Waals surface area contributed by atoms with E-state index < -0.39 is 0 Å². The van der Waals surface area contributed by atoms with Gasteiger partial charge in [-0.25, -0.2) is 0 Å². The minimum Gasteiger partial charge on any atom is -0.396 e. The van der Waals surface area contributed by atoms with Gasteiger partial charge < -0.3 is 14.9 Å². The first-order valence-electron chi connectivity index (χ1n) is 7.15. The van der Waals surface area contributed by atoms with E-state index in [1.807, 2.05) is 12.1 Å². The molecule has 1 saturated carbocycles. The van der Waals surface area contributed by atoms with Gasteiger partial charge in [0.1, 0.15) is 0 Å². The maximum atomic E-state index is 9.15. The summed E-state index contributed by atoms with van der Waals surface area (Å²) in [6.45, 7) is 0.976. The summed E-state index contributed by atoms with van der Waals surface area (Å²) in [5, 5.41) is 16.9. The highest BCUT2D eigenvalue weighted by Crippen LogP contribution is 2.43. The van der Waals surface area contributed by atoms with E-state index in [4.69, 9.17) is 21.2 Å². The zero-order valence-corrected chi connectivity index (χ0v) is 12.4. The lowest BCUT2D eigenvalue weighted by Crippen LogP contribution is -2.37. The molecule has 112 valence electrons. The minimum absolute atomic E-state index is 0.180. The Bertz CT molecular complexity index is 610. The third kappa shape index (κ3) is 3.19. The number of anilines is 1. The number of aliphatic hydroxyl groups excluding tert-OH is 1. The fourth-order valence-electron chi connectivity index (χ4n) is 2.73. The van der Waals surface area contributed by atoms with Crippen molar-refractivity contribution in [2.75, 3.05) is 18.5 Å². The van der Waals surface area contributed by atoms with Gasteiger partial charge in [-0.1, -0.05) is 35.3 Å². The van der Waals surface area contributed by atoms with Crippen LogP contribution in [-0.4, -0.2) is 28.4 Å². The van der Waals surface area contributed by atoms with Crippen molar-refractivity contribution in [3.63, 3.8) is 0 Å². The monoisotopic (exact) mass is 307 g/mol. The van der Waals surface area contributed by atoms with E-state index in [0.29, 0.717) is 16.9 Å². The topological polar surface area (TPSA) is 71.2 Å². The van der Waals surface area contributed by atoms with Crippen molar-refractivity contribution in [2.24, 2.45) is 5.41 Å². The molecule has 5 nitrogen and oxygen atoms in total. The Balaban J connectivity index is 1.65. The first kappa shape index (κ1) is 14.4. The smallest absolute Gasteiger partial charge is 0.321 e. The van der Waals surface area contributed by atoms with Crippen molar-refractivity contribution in [2.45, 2.75) is 25.7 Å². The molecule has 2 N–H and O–H groups in total. The van der Waals surface area contributed by atoms with E-state index in [2.05, 4.69) is 15.5 Å². The highest BCUT2D eigenvalue weighted by Gasteiger charge is 2.36. The molecule has 6 heteroatoms. The molecule has 3 rings (SSSR count). The van der Waals surface area contributed by atoms with Crippen LogP contribution in [0.3, 0.4) is 0 Å². The predicted octanol–water partition coefficient (Wildman–Crippen LogP) is 3.35. The van der Waals surface area contributed by atoms with Crippen LogP contribution in [0.4, 0.5) is 6.01 Å². The molecule has 1 aromatic heterocycles. The Hall–Kier alpha value is -1.59. The highest BCUT2D eigenvalue weighted by atomic mass is 35.5. The van der Waals surface area contributed by atoms with Crippen LogP contribution in [0.15, 0.2) is 28.8 Å². The maximum absolute atomic E-state index is 9.15. The van der Waals surface area contributed by atoms with Gasteiger partial charge in [0.05, 0.1) is 0 Å². The second-order valence-corrected chi connectivity index (χ2v) is 6.05. The number of hydrogen-bond donors (Lipinski definition) is 2. The van der Waals surface area contributed by atoms with E-state index in [1.165, 1.54) is 6.42 Å². The molecular weight excluding hydrogens is 290 g/mol. The summed E-state index contributed by atoms with van der Waals surface area (Å²) in [6, 6.07) is 7.76. The third-order valence-electron chi connectivity index (χ3n) is 4.18. The van der Waals surface area contributed by atoms with Crippen molar-refractivity contribution in [3.8, 4) is 11.4 Å². The molecule has 0 unspecified atom stereocenters. The summed E-state index contributed by atoms with van der Waals surface area (Å²) in [4.78, 5) is 4.33. The Morgan fingerprint density at radius 2 is 2.24 bits per heavy atom. The molecule has 1 fully saturated rings. The van der Waals surface area contributed by atoms with Gasteiger partial charge >= 0.3 is 6.01 Å². The first-order valence-corrected chi connectivity index (χ1v) is 7.53. The SMILES string of the molecule is OCCC1(CNc2nc(-c3cccc(Cl)c3)no2)CCC1. The number of halogens is 1. The summed E-state index contributed by atoms with van der Waals surface area (Å²) in [7, 11) is 0. The van der Waals surface area contributed by atoms with Crippen LogP contribution in [0, 0.1) is 5.41 Å². The summed E-state index contributed by atoms with van der Waals surface area (Å²) in [5.74, 6) is 0.518. The molecule has 0 radical (unpaired) electrons. The fourth-order valence-corrected chi connectivity index (χ4v) is 2.92. The van der Waals surface area contributed by atoms with Crippen LogP contribution in [0.5, 0.6) is 0 Å². The summed E-state index contributed by atoms with van der Waals surface area (Å²) < 4.78 is 5.22. The maximum Gasteiger partial charge on any atom is 0.321 e. The van der Waals surface area contributed by atoms with E-state index >= 15 is 0 Å². The Labute approximate surface area is 128 Å². The third-order valence-corrected chi connectivity index (χ3v) is 4.41. The Morgan fingerprint density at radius 3 is 2.90 bits per heavy atom. The highest BCUT2D eigenvalue weighted by molar-refractivity contribution is 6.30. The fraction of sp³-hybridized carbons (Fsp3) is 0.467. The largest absolute Gasteiger partial charge is 0.396 e. The van der Waals surface area contributed by atoms with E-state index in [-0.39, 0.29) is 12.0 Å². The van der Waals surface area contributed by atoms with E-state index in [9.17, 15) is 0 Å². The molecule has 1 aliphatic carbocycles. The number of rotatable bonds is 6. The number of benzene rings is 1. The summed E-state index contributed by atoms with van der Waals surface area (Å²) in [6.07, 6.45) is 4.31. The van der Waals surface area contributed by atoms with E-state index in [1.54, 1.807) is 12.1 Å². The van der Waals surface area contributed by atoms with Crippen LogP contribution in [0.2, 0.25) is 5.02 Å². The second kappa shape index (κ2) is 6.03. The van der Waals surface area contributed by atoms with Gasteiger partial charge in [0.2, 0.25) is 5.82 Å². The molecule has 0 saturated heterocycles. The Kier molecular flexibility index (Phi) is 4.12. The minimum atomic E-state index is 0.180. The normalized spacial score (nSPS) is 16.5.